The molecule has 0 heterocycles. The van der Waals surface area contributed by atoms with E-state index in [1.165, 1.54) is 0 Å². The van der Waals surface area contributed by atoms with Crippen molar-refractivity contribution in [2.45, 2.75) is 0 Å². The summed E-state index contributed by atoms with van der Waals surface area (Å²) in [6.45, 7) is 15.4. The van der Waals surface area contributed by atoms with E-state index < -0.39 is 22.7 Å². The molecular weight excluding hydrogens is 645 g/mol. The molecule has 0 aliphatic heterocycles. The van der Waals surface area contributed by atoms with Crippen molar-refractivity contribution >= 4 is 121 Å². The van der Waals surface area contributed by atoms with E-state index in [1.807, 2.05) is 53.3 Å². The maximum Gasteiger partial charge on any atom is 0.00930 e. The monoisotopic (exact) mass is 669 g/mol. The third kappa shape index (κ3) is 439. The zero-order valence-electron chi connectivity index (χ0n) is 13.3. The largest absolute Gasteiger partial charge is 0.579 e. The van der Waals surface area contributed by atoms with Crippen LogP contribution in [0.4, 0.5) is 0 Å². The van der Waals surface area contributed by atoms with Crippen LogP contribution in [-0.2, 0) is 98.0 Å². The van der Waals surface area contributed by atoms with Gasteiger partial charge in [-0.3, -0.25) is 0 Å². The molecule has 0 rings (SSSR count). The molecule has 0 aliphatic rings. The molecule has 141 valence electrons. The second-order valence-electron chi connectivity index (χ2n) is 5.01. The molecule has 0 spiro atoms. The summed E-state index contributed by atoms with van der Waals surface area (Å²) in [7, 11) is 0. The van der Waals surface area contributed by atoms with Crippen LogP contribution in [0.3, 0.4) is 0 Å². The number of hydrogen-bond acceptors (Lipinski definition) is 8. The second kappa shape index (κ2) is 17.8. The van der Waals surface area contributed by atoms with E-state index in [2.05, 4.69) is 0 Å². The van der Waals surface area contributed by atoms with Crippen molar-refractivity contribution in [1.29, 1.82) is 0 Å². The summed E-state index contributed by atoms with van der Waals surface area (Å²) in [5, 5.41) is 0. The normalized spacial score (nSPS) is 11.4. The molecule has 0 saturated heterocycles. The second-order valence-corrected chi connectivity index (χ2v) is 39.7. The minimum absolute atomic E-state index is 0. The average molecular weight is 670 g/mol. The van der Waals surface area contributed by atoms with Crippen molar-refractivity contribution in [2.75, 3.05) is 53.3 Å². The van der Waals surface area contributed by atoms with Gasteiger partial charge in [-0.1, -0.05) is 0 Å². The summed E-state index contributed by atoms with van der Waals surface area (Å²) >= 11 is 38.0. The van der Waals surface area contributed by atoms with Gasteiger partial charge in [0, 0.05) is 90.2 Å². The Balaban J connectivity index is -0.0000000533. The summed E-state index contributed by atoms with van der Waals surface area (Å²) in [6, 6.07) is 0. The summed E-state index contributed by atoms with van der Waals surface area (Å²) in [6.07, 6.45) is 0. The fraction of sp³-hybridized carbons (Fsp3) is 1.00. The number of hydrogen-bond donors (Lipinski definition) is 0. The first-order valence-electron chi connectivity index (χ1n) is 5.04. The molecule has 0 saturated carbocycles. The zero-order chi connectivity index (χ0) is 18.0. The first kappa shape index (κ1) is 37.5. The summed E-state index contributed by atoms with van der Waals surface area (Å²) < 4.78 is 0. The third-order valence-electron chi connectivity index (χ3n) is 0. The van der Waals surface area contributed by atoms with Gasteiger partial charge in [-0.2, -0.15) is 0 Å². The molecule has 1 radical (unpaired) electrons. The van der Waals surface area contributed by atoms with Gasteiger partial charge in [0.15, 0.2) is 0 Å². The standard InChI is InChI=1S/4C2H7PS2.Tm/c4*1-3(2,4)5;/h4*1-2H3,(H,4,5);/p-4. The van der Waals surface area contributed by atoms with Crippen LogP contribution >= 0.6 is 22.7 Å². The van der Waals surface area contributed by atoms with Crippen LogP contribution in [0, 0.1) is 36.9 Å². The van der Waals surface area contributed by atoms with Crippen molar-refractivity contribution in [3.63, 3.8) is 0 Å². The molecule has 0 unspecified atom stereocenters. The topological polar surface area (TPSA) is 0 Å². The van der Waals surface area contributed by atoms with Gasteiger partial charge < -0.3 is 98.0 Å². The fourth-order valence-corrected chi connectivity index (χ4v) is 0. The summed E-state index contributed by atoms with van der Waals surface area (Å²) in [4.78, 5) is 0. The SMILES string of the molecule is C[P+](C)([S-])[S-].C[P+](C)([S-])[S-].C[P+](C)([S-])[S-].C[P+](C)([S-])[S-].[Tm]. The Bertz CT molecular complexity index is 146. The molecule has 0 fully saturated rings. The summed E-state index contributed by atoms with van der Waals surface area (Å²) in [5.41, 5.74) is -4.89. The van der Waals surface area contributed by atoms with Crippen molar-refractivity contribution in [2.24, 2.45) is 0 Å². The average Bonchev–Trinajstić information content (AvgIpc) is 1.62. The Hall–Kier alpha value is 5.75. The molecule has 0 atom stereocenters. The molecule has 0 aromatic heterocycles. The molecule has 13 heteroatoms. The third-order valence-corrected chi connectivity index (χ3v) is 0. The first-order chi connectivity index (χ1) is 8.00. The molecule has 0 nitrogen and oxygen atoms in total. The maximum absolute atomic E-state index is 4.75. The van der Waals surface area contributed by atoms with E-state index >= 15 is 0 Å². The van der Waals surface area contributed by atoms with E-state index in [4.69, 9.17) is 98.0 Å². The molecule has 0 aliphatic carbocycles. The van der Waals surface area contributed by atoms with E-state index in [1.54, 1.807) is 0 Å². The van der Waals surface area contributed by atoms with E-state index in [9.17, 15) is 0 Å². The molecule has 0 aromatic rings. The van der Waals surface area contributed by atoms with Crippen LogP contribution in [0.25, 0.3) is 0 Å². The minimum atomic E-state index is -1.22. The predicted octanol–water partition coefficient (Wildman–Crippen LogP) is 4.75. The fourth-order valence-electron chi connectivity index (χ4n) is 0. The van der Waals surface area contributed by atoms with E-state index in [0.29, 0.717) is 0 Å². The Morgan fingerprint density at radius 3 is 0.333 bits per heavy atom. The summed E-state index contributed by atoms with van der Waals surface area (Å²) in [5.74, 6) is 0. The molecule has 0 bridgehead atoms. The van der Waals surface area contributed by atoms with Gasteiger partial charge in [-0.05, 0) is 0 Å². The van der Waals surface area contributed by atoms with Crippen LogP contribution in [0.5, 0.6) is 0 Å². The van der Waals surface area contributed by atoms with E-state index in [-0.39, 0.29) is 36.9 Å². The Morgan fingerprint density at radius 1 is 0.333 bits per heavy atom. The van der Waals surface area contributed by atoms with Crippen LogP contribution in [0.1, 0.15) is 0 Å². The van der Waals surface area contributed by atoms with Crippen LogP contribution < -0.4 is 0 Å². The Morgan fingerprint density at radius 2 is 0.333 bits per heavy atom. The van der Waals surface area contributed by atoms with Crippen LogP contribution in [-0.4, -0.2) is 53.3 Å². The molecule has 0 aromatic carbocycles. The van der Waals surface area contributed by atoms with Crippen molar-refractivity contribution < 1.29 is 36.9 Å². The zero-order valence-corrected chi connectivity index (χ0v) is 25.2. The Labute approximate surface area is 207 Å². The van der Waals surface area contributed by atoms with Gasteiger partial charge in [0.25, 0.3) is 0 Å². The van der Waals surface area contributed by atoms with Gasteiger partial charge in [-0.15, -0.1) is 0 Å². The van der Waals surface area contributed by atoms with E-state index in [0.717, 1.165) is 0 Å². The van der Waals surface area contributed by atoms with Gasteiger partial charge in [-0.25, -0.2) is 22.7 Å². The van der Waals surface area contributed by atoms with Gasteiger partial charge in [0.2, 0.25) is 0 Å². The molecular formula is C8H24P4S8Tm-4. The predicted molar refractivity (Wildman–Crippen MR) is 134 cm³/mol. The smallest absolute Gasteiger partial charge is 0.00930 e. The number of rotatable bonds is 0. The van der Waals surface area contributed by atoms with Gasteiger partial charge in [0.05, 0.1) is 0 Å². The molecule has 0 amide bonds. The van der Waals surface area contributed by atoms with Crippen molar-refractivity contribution in [3.8, 4) is 0 Å². The molecule has 21 heavy (non-hydrogen) atoms. The minimum Gasteiger partial charge on any atom is -0.579 e. The first-order valence-corrected chi connectivity index (χ1v) is 23.9. The van der Waals surface area contributed by atoms with Crippen molar-refractivity contribution in [1.82, 2.24) is 0 Å². The molecule has 0 N–H and O–H groups in total. The van der Waals surface area contributed by atoms with Crippen LogP contribution in [0.2, 0.25) is 0 Å². The maximum atomic E-state index is 4.75. The van der Waals surface area contributed by atoms with Crippen molar-refractivity contribution in [3.05, 3.63) is 0 Å². The van der Waals surface area contributed by atoms with Gasteiger partial charge >= 0.3 is 0 Å². The quantitative estimate of drug-likeness (QED) is 0.265. The van der Waals surface area contributed by atoms with Gasteiger partial charge in [0.1, 0.15) is 0 Å². The Kier molecular flexibility index (Phi) is 31.8. The van der Waals surface area contributed by atoms with Crippen LogP contribution in [0.15, 0.2) is 0 Å².